The van der Waals surface area contributed by atoms with Crippen LogP contribution in [0.4, 0.5) is 18.9 Å². The van der Waals surface area contributed by atoms with Gasteiger partial charge in [0, 0.05) is 87.1 Å². The monoisotopic (exact) mass is 546 g/mol. The molecule has 2 aliphatic rings. The Balaban J connectivity index is 0.00000127. The molecule has 1 aromatic heterocycles. The highest BCUT2D eigenvalue weighted by Crippen LogP contribution is 2.41. The zero-order valence-electron chi connectivity index (χ0n) is 24.5. The minimum atomic E-state index is -3.11. The fraction of sp³-hybridized carbons (Fsp3) is 0.483. The number of aryl methyl sites for hydroxylation is 1. The summed E-state index contributed by atoms with van der Waals surface area (Å²) in [5, 5.41) is 8.06. The zero-order chi connectivity index (χ0) is 29.4. The summed E-state index contributed by atoms with van der Waals surface area (Å²) in [4.78, 5) is 10.3. The lowest BCUT2D eigenvalue weighted by molar-refractivity contribution is 0.0646. The topological polar surface area (TPSA) is 57.8 Å². The smallest absolute Gasteiger partial charge is 0.271 e. The van der Waals surface area contributed by atoms with Gasteiger partial charge in [0.15, 0.2) is 5.82 Å². The molecule has 4 rings (SSSR count). The van der Waals surface area contributed by atoms with Crippen molar-refractivity contribution in [2.75, 3.05) is 40.3 Å². The lowest BCUT2D eigenvalue weighted by Crippen LogP contribution is -2.43. The number of allylic oxidation sites excluding steroid dienone is 4. The highest BCUT2D eigenvalue weighted by atomic mass is 19.3. The molecule has 10 heteroatoms. The Morgan fingerprint density at radius 1 is 1.15 bits per heavy atom. The van der Waals surface area contributed by atoms with E-state index in [1.165, 1.54) is 12.4 Å². The SMILES string of the molecule is C=N/C=N\C(=C1/CC=C(N2CCNCC2)C=C1C(C)(F)F)[N+](C)(C)c1cc(F)c2nn(C)cc2c1.CC.CC. The van der Waals surface area contributed by atoms with E-state index in [1.54, 1.807) is 44.2 Å². The van der Waals surface area contributed by atoms with Crippen LogP contribution in [0, 0.1) is 5.82 Å². The number of fused-ring (bicyclic) bond motifs is 1. The van der Waals surface area contributed by atoms with Crippen LogP contribution in [0.15, 0.2) is 63.1 Å². The quantitative estimate of drug-likeness (QED) is 0.273. The van der Waals surface area contributed by atoms with Crippen LogP contribution in [-0.4, -0.2) is 73.9 Å². The number of quaternary nitrogens is 1. The van der Waals surface area contributed by atoms with Crippen LogP contribution >= 0.6 is 0 Å². The van der Waals surface area contributed by atoms with E-state index in [-0.39, 0.29) is 22.0 Å². The molecule has 39 heavy (non-hydrogen) atoms. The van der Waals surface area contributed by atoms with E-state index in [0.717, 1.165) is 38.8 Å². The number of benzene rings is 1. The van der Waals surface area contributed by atoms with Gasteiger partial charge in [0.25, 0.3) is 5.92 Å². The molecule has 1 N–H and O–H groups in total. The first-order valence-corrected chi connectivity index (χ1v) is 13.5. The summed E-state index contributed by atoms with van der Waals surface area (Å²) >= 11 is 0. The van der Waals surface area contributed by atoms with Gasteiger partial charge in [-0.3, -0.25) is 9.67 Å². The number of alkyl halides is 2. The molecule has 0 bridgehead atoms. The van der Waals surface area contributed by atoms with Gasteiger partial charge in [-0.1, -0.05) is 33.8 Å². The van der Waals surface area contributed by atoms with Crippen LogP contribution in [0.25, 0.3) is 10.9 Å². The molecule has 1 aromatic carbocycles. The van der Waals surface area contributed by atoms with E-state index in [9.17, 15) is 4.39 Å². The van der Waals surface area contributed by atoms with Gasteiger partial charge in [0.2, 0.25) is 5.82 Å². The summed E-state index contributed by atoms with van der Waals surface area (Å²) in [7, 11) is 5.30. The lowest BCUT2D eigenvalue weighted by atomic mass is 9.91. The molecule has 0 saturated carbocycles. The Bertz CT molecular complexity index is 1260. The standard InChI is InChI=1S/C25H31F3N7.2C2H6/c1-25(27,28)21-13-18(34-10-8-30-9-11-34)6-7-20(21)24(31-16-29-2)35(4,5)19-12-17-15-33(3)32-23(17)22(26)14-19;2*1-2/h6,12-16,30H,2,7-11H2,1,3-5H3;2*1-2H3/q+1;;/b24-20-,31-16-;;. The average Bonchev–Trinajstić information content (AvgIpc) is 3.32. The molecule has 1 saturated heterocycles. The third-order valence-corrected chi connectivity index (χ3v) is 6.46. The maximum absolute atomic E-state index is 15.0. The molecule has 7 nitrogen and oxygen atoms in total. The van der Waals surface area contributed by atoms with Crippen LogP contribution in [0.5, 0.6) is 0 Å². The first kappa shape index (κ1) is 32.0. The summed E-state index contributed by atoms with van der Waals surface area (Å²) < 4.78 is 46.5. The summed E-state index contributed by atoms with van der Waals surface area (Å²) in [6.07, 6.45) is 6.74. The first-order chi connectivity index (χ1) is 18.5. The van der Waals surface area contributed by atoms with Crippen LogP contribution in [0.1, 0.15) is 41.0 Å². The highest BCUT2D eigenvalue weighted by molar-refractivity contribution is 5.83. The van der Waals surface area contributed by atoms with Crippen molar-refractivity contribution in [2.45, 2.75) is 47.0 Å². The number of hydrogen-bond acceptors (Lipinski definition) is 4. The number of nitrogens with zero attached hydrogens (tertiary/aromatic N) is 6. The summed E-state index contributed by atoms with van der Waals surface area (Å²) in [5.74, 6) is -3.26. The van der Waals surface area contributed by atoms with E-state index in [4.69, 9.17) is 0 Å². The Morgan fingerprint density at radius 2 is 1.79 bits per heavy atom. The van der Waals surface area contributed by atoms with Gasteiger partial charge in [-0.05, 0) is 12.8 Å². The van der Waals surface area contributed by atoms with Gasteiger partial charge in [-0.25, -0.2) is 17.7 Å². The van der Waals surface area contributed by atoms with Crippen LogP contribution < -0.4 is 9.80 Å². The fourth-order valence-corrected chi connectivity index (χ4v) is 4.65. The normalized spacial score (nSPS) is 17.6. The van der Waals surface area contributed by atoms with Crippen LogP contribution in [0.2, 0.25) is 0 Å². The molecule has 2 heterocycles. The maximum atomic E-state index is 15.0. The molecule has 0 unspecified atom stereocenters. The average molecular weight is 547 g/mol. The van der Waals surface area contributed by atoms with Crippen molar-refractivity contribution in [3.05, 3.63) is 59.0 Å². The van der Waals surface area contributed by atoms with Crippen molar-refractivity contribution < 1.29 is 13.2 Å². The van der Waals surface area contributed by atoms with Crippen molar-refractivity contribution in [3.8, 4) is 0 Å². The number of nitrogens with one attached hydrogen (secondary N) is 1. The molecule has 214 valence electrons. The zero-order valence-corrected chi connectivity index (χ0v) is 24.5. The highest BCUT2D eigenvalue weighted by Gasteiger charge is 2.39. The first-order valence-electron chi connectivity index (χ1n) is 13.5. The molecular weight excluding hydrogens is 503 g/mol. The summed E-state index contributed by atoms with van der Waals surface area (Å²) in [6, 6.07) is 3.19. The van der Waals surface area contributed by atoms with E-state index >= 15 is 8.78 Å². The number of rotatable bonds is 6. The molecule has 0 spiro atoms. The van der Waals surface area contributed by atoms with Gasteiger partial charge in [-0.15, -0.1) is 0 Å². The second kappa shape index (κ2) is 13.7. The Kier molecular flexibility index (Phi) is 11.2. The van der Waals surface area contributed by atoms with Gasteiger partial charge >= 0.3 is 0 Å². The number of aromatic nitrogens is 2. The number of hydrogen-bond donors (Lipinski definition) is 1. The number of aliphatic imine (C=N–C) groups is 2. The minimum Gasteiger partial charge on any atom is -0.369 e. The molecule has 1 aliphatic carbocycles. The lowest BCUT2D eigenvalue weighted by Gasteiger charge is -2.35. The van der Waals surface area contributed by atoms with Gasteiger partial charge in [0.1, 0.15) is 17.5 Å². The second-order valence-electron chi connectivity index (χ2n) is 9.37. The van der Waals surface area contributed by atoms with Crippen molar-refractivity contribution in [2.24, 2.45) is 17.0 Å². The Labute approximate surface area is 230 Å². The van der Waals surface area contributed by atoms with E-state index in [0.29, 0.717) is 22.5 Å². The van der Waals surface area contributed by atoms with Gasteiger partial charge in [-0.2, -0.15) is 10.1 Å². The second-order valence-corrected chi connectivity index (χ2v) is 9.37. The predicted molar refractivity (Wildman–Crippen MR) is 158 cm³/mol. The fourth-order valence-electron chi connectivity index (χ4n) is 4.65. The Hall–Kier alpha value is -3.24. The van der Waals surface area contributed by atoms with Crippen molar-refractivity contribution in [1.82, 2.24) is 24.5 Å². The number of halogens is 3. The number of piperazine rings is 1. The molecule has 1 fully saturated rings. The largest absolute Gasteiger partial charge is 0.369 e. The molecule has 0 amide bonds. The van der Waals surface area contributed by atoms with Crippen LogP contribution in [0.3, 0.4) is 0 Å². The van der Waals surface area contributed by atoms with Gasteiger partial charge in [0.05, 0.1) is 14.1 Å². The molecular formula is C29H43F3N7+. The Morgan fingerprint density at radius 3 is 2.38 bits per heavy atom. The third kappa shape index (κ3) is 7.24. The predicted octanol–water partition coefficient (Wildman–Crippen LogP) is 6.05. The molecule has 1 aliphatic heterocycles. The maximum Gasteiger partial charge on any atom is 0.271 e. The van der Waals surface area contributed by atoms with E-state index < -0.39 is 11.7 Å². The molecule has 2 aromatic rings. The molecule has 0 radical (unpaired) electrons. The minimum absolute atomic E-state index is 0.0761. The van der Waals surface area contributed by atoms with Crippen LogP contribution in [-0.2, 0) is 7.05 Å². The summed E-state index contributed by atoms with van der Waals surface area (Å²) in [5.41, 5.74) is 1.86. The van der Waals surface area contributed by atoms with E-state index in [2.05, 4.69) is 32.0 Å². The van der Waals surface area contributed by atoms with E-state index in [1.807, 2.05) is 33.8 Å². The summed E-state index contributed by atoms with van der Waals surface area (Å²) in [6.45, 7) is 15.5. The van der Waals surface area contributed by atoms with Gasteiger partial charge < -0.3 is 10.2 Å². The van der Waals surface area contributed by atoms with Crippen molar-refractivity contribution in [1.29, 1.82) is 0 Å². The molecule has 0 atom stereocenters. The third-order valence-electron chi connectivity index (χ3n) is 6.46. The van der Waals surface area contributed by atoms with Crippen molar-refractivity contribution >= 4 is 29.6 Å². The van der Waals surface area contributed by atoms with Crippen molar-refractivity contribution in [3.63, 3.8) is 0 Å².